The zero-order chi connectivity index (χ0) is 15.2. The lowest BCUT2D eigenvalue weighted by atomic mass is 9.94. The van der Waals surface area contributed by atoms with Gasteiger partial charge in [0.25, 0.3) is 0 Å². The molecular weight excluding hydrogens is 282 g/mol. The SMILES string of the molecule is CCCCC(c1ccc(CC)s1)N1CCC(C(=O)O)CC1. The van der Waals surface area contributed by atoms with Gasteiger partial charge in [0.1, 0.15) is 0 Å². The van der Waals surface area contributed by atoms with E-state index < -0.39 is 5.97 Å². The molecule has 2 rings (SSSR count). The first-order valence-corrected chi connectivity index (χ1v) is 9.02. The van der Waals surface area contributed by atoms with E-state index in [1.807, 2.05) is 11.3 Å². The molecule has 0 aromatic carbocycles. The molecule has 1 aromatic heterocycles. The summed E-state index contributed by atoms with van der Waals surface area (Å²) in [5.41, 5.74) is 0. The molecule has 0 aliphatic carbocycles. The summed E-state index contributed by atoms with van der Waals surface area (Å²) in [5, 5.41) is 9.14. The number of carbonyl (C=O) groups is 1. The number of aryl methyl sites for hydroxylation is 1. The number of likely N-dealkylation sites (tertiary alicyclic amines) is 1. The number of hydrogen-bond acceptors (Lipinski definition) is 3. The molecule has 1 saturated heterocycles. The van der Waals surface area contributed by atoms with E-state index in [2.05, 4.69) is 30.9 Å². The van der Waals surface area contributed by atoms with Crippen LogP contribution in [0.25, 0.3) is 0 Å². The summed E-state index contributed by atoms with van der Waals surface area (Å²) in [6.45, 7) is 6.28. The van der Waals surface area contributed by atoms with Crippen LogP contribution in [-0.2, 0) is 11.2 Å². The molecule has 1 aromatic rings. The largest absolute Gasteiger partial charge is 0.481 e. The van der Waals surface area contributed by atoms with Crippen molar-refractivity contribution < 1.29 is 9.90 Å². The van der Waals surface area contributed by atoms with Crippen LogP contribution in [0.2, 0.25) is 0 Å². The average molecular weight is 309 g/mol. The van der Waals surface area contributed by atoms with Crippen LogP contribution in [0.4, 0.5) is 0 Å². The first-order chi connectivity index (χ1) is 10.2. The fourth-order valence-corrected chi connectivity index (χ4v) is 4.25. The van der Waals surface area contributed by atoms with Crippen molar-refractivity contribution in [3.8, 4) is 0 Å². The molecule has 0 bridgehead atoms. The van der Waals surface area contributed by atoms with E-state index in [1.54, 1.807) is 0 Å². The van der Waals surface area contributed by atoms with Crippen LogP contribution >= 0.6 is 11.3 Å². The number of unbranched alkanes of at least 4 members (excludes halogenated alkanes) is 1. The lowest BCUT2D eigenvalue weighted by Gasteiger charge is -2.36. The van der Waals surface area contributed by atoms with Crippen LogP contribution in [0.5, 0.6) is 0 Å². The molecule has 1 fully saturated rings. The van der Waals surface area contributed by atoms with Gasteiger partial charge in [-0.2, -0.15) is 0 Å². The molecule has 0 spiro atoms. The highest BCUT2D eigenvalue weighted by Crippen LogP contribution is 2.34. The van der Waals surface area contributed by atoms with Gasteiger partial charge in [-0.25, -0.2) is 0 Å². The Morgan fingerprint density at radius 3 is 2.62 bits per heavy atom. The Morgan fingerprint density at radius 1 is 1.38 bits per heavy atom. The third-order valence-corrected chi connectivity index (χ3v) is 5.84. The third kappa shape index (κ3) is 4.30. The van der Waals surface area contributed by atoms with Crippen molar-refractivity contribution in [1.29, 1.82) is 0 Å². The molecule has 1 aliphatic rings. The monoisotopic (exact) mass is 309 g/mol. The molecule has 21 heavy (non-hydrogen) atoms. The van der Waals surface area contributed by atoms with Gasteiger partial charge in [0.2, 0.25) is 0 Å². The highest BCUT2D eigenvalue weighted by molar-refractivity contribution is 7.12. The van der Waals surface area contributed by atoms with Gasteiger partial charge in [-0.15, -0.1) is 11.3 Å². The third-order valence-electron chi connectivity index (χ3n) is 4.51. The Morgan fingerprint density at radius 2 is 2.10 bits per heavy atom. The standard InChI is InChI=1S/C17H27NO2S/c1-3-5-6-15(16-8-7-14(4-2)21-16)18-11-9-13(10-12-18)17(19)20/h7-8,13,15H,3-6,9-12H2,1-2H3,(H,19,20). The van der Waals surface area contributed by atoms with Crippen LogP contribution in [0.15, 0.2) is 12.1 Å². The number of nitrogens with zero attached hydrogens (tertiary/aromatic N) is 1. The molecule has 1 aliphatic heterocycles. The smallest absolute Gasteiger partial charge is 0.306 e. The topological polar surface area (TPSA) is 40.5 Å². The van der Waals surface area contributed by atoms with E-state index in [0.717, 1.165) is 32.4 Å². The molecule has 118 valence electrons. The number of rotatable bonds is 7. The van der Waals surface area contributed by atoms with Crippen LogP contribution in [0.1, 0.15) is 61.7 Å². The number of carboxylic acids is 1. The molecule has 0 radical (unpaired) electrons. The van der Waals surface area contributed by atoms with Crippen LogP contribution in [0.3, 0.4) is 0 Å². The summed E-state index contributed by atoms with van der Waals surface area (Å²) in [6.07, 6.45) is 6.34. The van der Waals surface area contributed by atoms with Crippen molar-refractivity contribution >= 4 is 17.3 Å². The van der Waals surface area contributed by atoms with Crippen molar-refractivity contribution in [1.82, 2.24) is 4.90 Å². The zero-order valence-corrected chi connectivity index (χ0v) is 14.0. The molecule has 2 heterocycles. The van der Waals surface area contributed by atoms with Crippen LogP contribution < -0.4 is 0 Å². The van der Waals surface area contributed by atoms with Gasteiger partial charge < -0.3 is 5.11 Å². The second kappa shape index (κ2) is 7.95. The fraction of sp³-hybridized carbons (Fsp3) is 0.706. The first-order valence-electron chi connectivity index (χ1n) is 8.21. The maximum Gasteiger partial charge on any atom is 0.306 e. The van der Waals surface area contributed by atoms with E-state index in [9.17, 15) is 4.79 Å². The normalized spacial score (nSPS) is 18.8. The zero-order valence-electron chi connectivity index (χ0n) is 13.2. The van der Waals surface area contributed by atoms with E-state index in [-0.39, 0.29) is 5.92 Å². The first kappa shape index (κ1) is 16.5. The summed E-state index contributed by atoms with van der Waals surface area (Å²) in [4.78, 5) is 16.5. The van der Waals surface area contributed by atoms with Crippen molar-refractivity contribution in [3.05, 3.63) is 21.9 Å². The summed E-state index contributed by atoms with van der Waals surface area (Å²) in [6, 6.07) is 5.03. The number of thiophene rings is 1. The van der Waals surface area contributed by atoms with Gasteiger partial charge >= 0.3 is 5.97 Å². The molecule has 3 nitrogen and oxygen atoms in total. The van der Waals surface area contributed by atoms with Crippen molar-refractivity contribution in [3.63, 3.8) is 0 Å². The lowest BCUT2D eigenvalue weighted by Crippen LogP contribution is -2.38. The minimum absolute atomic E-state index is 0.136. The number of carboxylic acid groups (broad SMARTS) is 1. The summed E-state index contributed by atoms with van der Waals surface area (Å²) in [7, 11) is 0. The predicted molar refractivity (Wildman–Crippen MR) is 87.9 cm³/mol. The molecule has 1 atom stereocenters. The van der Waals surface area contributed by atoms with Gasteiger partial charge in [0.05, 0.1) is 5.92 Å². The van der Waals surface area contributed by atoms with Crippen LogP contribution in [-0.4, -0.2) is 29.1 Å². The molecular formula is C17H27NO2S. The summed E-state index contributed by atoms with van der Waals surface area (Å²) in [5.74, 6) is -0.758. The fourth-order valence-electron chi connectivity index (χ4n) is 3.12. The molecule has 0 saturated carbocycles. The Bertz CT molecular complexity index is 449. The summed E-state index contributed by atoms with van der Waals surface area (Å²) >= 11 is 1.93. The second-order valence-electron chi connectivity index (χ2n) is 5.96. The summed E-state index contributed by atoms with van der Waals surface area (Å²) < 4.78 is 0. The minimum Gasteiger partial charge on any atom is -0.481 e. The van der Waals surface area contributed by atoms with E-state index >= 15 is 0 Å². The Labute approximate surface area is 132 Å². The molecule has 0 amide bonds. The number of piperidine rings is 1. The highest BCUT2D eigenvalue weighted by Gasteiger charge is 2.29. The average Bonchev–Trinajstić information content (AvgIpc) is 2.97. The molecule has 1 unspecified atom stereocenters. The van der Waals surface area contributed by atoms with Crippen molar-refractivity contribution in [2.45, 2.75) is 58.4 Å². The number of hydrogen-bond donors (Lipinski definition) is 1. The van der Waals surface area contributed by atoms with E-state index in [0.29, 0.717) is 6.04 Å². The van der Waals surface area contributed by atoms with E-state index in [4.69, 9.17) is 5.11 Å². The van der Waals surface area contributed by atoms with Gasteiger partial charge in [-0.05, 0) is 50.9 Å². The maximum absolute atomic E-state index is 11.1. The lowest BCUT2D eigenvalue weighted by molar-refractivity contribution is -0.143. The van der Waals surface area contributed by atoms with Crippen molar-refractivity contribution in [2.24, 2.45) is 5.92 Å². The minimum atomic E-state index is -0.621. The maximum atomic E-state index is 11.1. The Kier molecular flexibility index (Phi) is 6.24. The predicted octanol–water partition coefficient (Wildman–Crippen LogP) is 4.34. The Hall–Kier alpha value is -0.870. The van der Waals surface area contributed by atoms with E-state index in [1.165, 1.54) is 29.0 Å². The molecule has 1 N–H and O–H groups in total. The van der Waals surface area contributed by atoms with Gasteiger partial charge in [0, 0.05) is 15.8 Å². The van der Waals surface area contributed by atoms with Crippen molar-refractivity contribution in [2.75, 3.05) is 13.1 Å². The van der Waals surface area contributed by atoms with Gasteiger partial charge in [-0.3, -0.25) is 9.69 Å². The quantitative estimate of drug-likeness (QED) is 0.814. The highest BCUT2D eigenvalue weighted by atomic mass is 32.1. The number of aliphatic carboxylic acids is 1. The van der Waals surface area contributed by atoms with Gasteiger partial charge in [0.15, 0.2) is 0 Å². The van der Waals surface area contributed by atoms with Gasteiger partial charge in [-0.1, -0.05) is 26.7 Å². The Balaban J connectivity index is 2.04. The second-order valence-corrected chi connectivity index (χ2v) is 7.16. The molecule has 4 heteroatoms. The van der Waals surface area contributed by atoms with Crippen LogP contribution in [0, 0.1) is 5.92 Å².